The fourth-order valence-corrected chi connectivity index (χ4v) is 5.61. The molecule has 2 fully saturated rings. The van der Waals surface area contributed by atoms with E-state index in [0.717, 1.165) is 58.4 Å². The first kappa shape index (κ1) is 30.1. The summed E-state index contributed by atoms with van der Waals surface area (Å²) in [6.45, 7) is 5.84. The molecule has 1 atom stereocenters. The second-order valence-corrected chi connectivity index (χ2v) is 10.9. The molecule has 3 aromatic rings. The third kappa shape index (κ3) is 7.64. The maximum Gasteiger partial charge on any atom is 0.347 e. The number of carbonyl (C=O) groups is 1. The number of carbonyl (C=O) groups excluding carboxylic acids is 1. The van der Waals surface area contributed by atoms with Gasteiger partial charge >= 0.3 is 5.97 Å². The summed E-state index contributed by atoms with van der Waals surface area (Å²) in [5.74, 6) is 0.794. The number of esters is 1. The number of aliphatic hydroxyl groups is 1. The molecular formula is C33H41ClN2O4. The lowest BCUT2D eigenvalue weighted by Crippen LogP contribution is -2.40. The van der Waals surface area contributed by atoms with E-state index in [1.807, 2.05) is 36.4 Å². The molecule has 2 saturated heterocycles. The lowest BCUT2D eigenvalue weighted by molar-refractivity contribution is -0.164. The molecule has 7 heteroatoms. The van der Waals surface area contributed by atoms with Crippen molar-refractivity contribution in [2.24, 2.45) is 11.8 Å². The molecule has 0 radical (unpaired) electrons. The van der Waals surface area contributed by atoms with Crippen LogP contribution in [-0.4, -0.2) is 55.4 Å². The first-order chi connectivity index (χ1) is 19.1. The molecule has 5 rings (SSSR count). The van der Waals surface area contributed by atoms with E-state index in [9.17, 15) is 9.90 Å². The van der Waals surface area contributed by atoms with E-state index in [2.05, 4.69) is 34.5 Å². The number of nitrogens with zero attached hydrogens (tertiary/aromatic N) is 1. The number of hydrogen-bond acceptors (Lipinski definition) is 6. The van der Waals surface area contributed by atoms with Gasteiger partial charge in [-0.3, -0.25) is 4.90 Å². The minimum atomic E-state index is -1.91. The van der Waals surface area contributed by atoms with E-state index in [0.29, 0.717) is 36.0 Å². The SMILES string of the molecule is Cl.O=C(OCC1CCN(Cc2ccccc2)CC1)C(O)(c1ccccc1)c1cccc(OCC2CCNCC2)c1. The van der Waals surface area contributed by atoms with Gasteiger partial charge in [0.15, 0.2) is 0 Å². The van der Waals surface area contributed by atoms with Crippen molar-refractivity contribution in [3.05, 3.63) is 102 Å². The Balaban J connectivity index is 0.00000370. The van der Waals surface area contributed by atoms with Crippen molar-refractivity contribution >= 4 is 18.4 Å². The van der Waals surface area contributed by atoms with E-state index < -0.39 is 11.6 Å². The van der Waals surface area contributed by atoms with Gasteiger partial charge < -0.3 is 19.9 Å². The molecular weight excluding hydrogens is 524 g/mol. The molecule has 2 N–H and O–H groups in total. The summed E-state index contributed by atoms with van der Waals surface area (Å²) in [6.07, 6.45) is 4.10. The van der Waals surface area contributed by atoms with Crippen LogP contribution in [0.15, 0.2) is 84.9 Å². The van der Waals surface area contributed by atoms with Gasteiger partial charge in [0.1, 0.15) is 5.75 Å². The Bertz CT molecular complexity index is 1180. The van der Waals surface area contributed by atoms with Gasteiger partial charge in [-0.2, -0.15) is 0 Å². The summed E-state index contributed by atoms with van der Waals surface area (Å²) in [5, 5.41) is 15.3. The van der Waals surface area contributed by atoms with Crippen LogP contribution in [0.3, 0.4) is 0 Å². The van der Waals surface area contributed by atoms with Gasteiger partial charge in [-0.25, -0.2) is 4.79 Å². The van der Waals surface area contributed by atoms with Crippen molar-refractivity contribution in [3.63, 3.8) is 0 Å². The lowest BCUT2D eigenvalue weighted by atomic mass is 9.86. The molecule has 6 nitrogen and oxygen atoms in total. The van der Waals surface area contributed by atoms with Crippen LogP contribution in [0.5, 0.6) is 5.75 Å². The first-order valence-electron chi connectivity index (χ1n) is 14.3. The molecule has 0 aliphatic carbocycles. The number of likely N-dealkylation sites (tertiary alicyclic amines) is 1. The fraction of sp³-hybridized carbons (Fsp3) is 0.424. The molecule has 2 heterocycles. The molecule has 3 aromatic carbocycles. The van der Waals surface area contributed by atoms with Gasteiger partial charge in [-0.15, -0.1) is 12.4 Å². The van der Waals surface area contributed by atoms with Crippen molar-refractivity contribution < 1.29 is 19.4 Å². The van der Waals surface area contributed by atoms with Crippen LogP contribution in [0.2, 0.25) is 0 Å². The van der Waals surface area contributed by atoms with Gasteiger partial charge in [0.05, 0.1) is 13.2 Å². The van der Waals surface area contributed by atoms with Crippen LogP contribution >= 0.6 is 12.4 Å². The fourth-order valence-electron chi connectivity index (χ4n) is 5.61. The van der Waals surface area contributed by atoms with Crippen molar-refractivity contribution in [1.82, 2.24) is 10.2 Å². The minimum absolute atomic E-state index is 0. The molecule has 1 unspecified atom stereocenters. The highest BCUT2D eigenvalue weighted by Gasteiger charge is 2.42. The number of benzene rings is 3. The largest absolute Gasteiger partial charge is 0.493 e. The predicted octanol–water partition coefficient (Wildman–Crippen LogP) is 5.18. The smallest absolute Gasteiger partial charge is 0.347 e. The van der Waals surface area contributed by atoms with Crippen LogP contribution in [-0.2, 0) is 21.7 Å². The summed E-state index contributed by atoms with van der Waals surface area (Å²) in [6, 6.07) is 26.8. The Morgan fingerprint density at radius 1 is 0.825 bits per heavy atom. The van der Waals surface area contributed by atoms with Gasteiger partial charge in [0.25, 0.3) is 0 Å². The normalized spacial score (nSPS) is 18.3. The molecule has 0 amide bonds. The van der Waals surface area contributed by atoms with Crippen molar-refractivity contribution in [2.75, 3.05) is 39.4 Å². The van der Waals surface area contributed by atoms with E-state index in [1.165, 1.54) is 5.56 Å². The first-order valence-corrected chi connectivity index (χ1v) is 14.3. The third-order valence-electron chi connectivity index (χ3n) is 8.09. The highest BCUT2D eigenvalue weighted by atomic mass is 35.5. The van der Waals surface area contributed by atoms with Crippen LogP contribution < -0.4 is 10.1 Å². The second-order valence-electron chi connectivity index (χ2n) is 10.9. The summed E-state index contributed by atoms with van der Waals surface area (Å²) in [7, 11) is 0. The Kier molecular flexibility index (Phi) is 11.0. The Morgan fingerprint density at radius 3 is 2.15 bits per heavy atom. The second kappa shape index (κ2) is 14.6. The molecule has 40 heavy (non-hydrogen) atoms. The van der Waals surface area contributed by atoms with Crippen LogP contribution in [0.4, 0.5) is 0 Å². The summed E-state index contributed by atoms with van der Waals surface area (Å²) >= 11 is 0. The zero-order chi connectivity index (χ0) is 26.9. The summed E-state index contributed by atoms with van der Waals surface area (Å²) in [5.41, 5.74) is 0.350. The Hall–Kier alpha value is -2.90. The highest BCUT2D eigenvalue weighted by Crippen LogP contribution is 2.34. The Morgan fingerprint density at radius 2 is 1.45 bits per heavy atom. The minimum Gasteiger partial charge on any atom is -0.493 e. The maximum absolute atomic E-state index is 13.6. The van der Waals surface area contributed by atoms with Gasteiger partial charge in [0, 0.05) is 12.1 Å². The molecule has 0 bridgehead atoms. The highest BCUT2D eigenvalue weighted by molar-refractivity contribution is 5.86. The standard InChI is InChI=1S/C33H40N2O4.ClH/c36-32(39-25-28-16-20-35(21-17-28)23-26-8-3-1-4-9-26)33(37,29-10-5-2-6-11-29)30-12-7-13-31(22-30)38-24-27-14-18-34-19-15-27;/h1-13,22,27-28,34,37H,14-21,23-25H2;1H. The number of nitrogens with one attached hydrogen (secondary N) is 1. The zero-order valence-electron chi connectivity index (χ0n) is 23.0. The van der Waals surface area contributed by atoms with Gasteiger partial charge in [0.2, 0.25) is 5.60 Å². The predicted molar refractivity (Wildman–Crippen MR) is 160 cm³/mol. The molecule has 2 aliphatic rings. The molecule has 0 saturated carbocycles. The topological polar surface area (TPSA) is 71.0 Å². The molecule has 0 aromatic heterocycles. The maximum atomic E-state index is 13.6. The zero-order valence-corrected chi connectivity index (χ0v) is 23.9. The van der Waals surface area contributed by atoms with Gasteiger partial charge in [-0.05, 0) is 87.0 Å². The average Bonchev–Trinajstić information content (AvgIpc) is 3.01. The summed E-state index contributed by atoms with van der Waals surface area (Å²) < 4.78 is 12.0. The number of piperidine rings is 2. The van der Waals surface area contributed by atoms with E-state index in [-0.39, 0.29) is 18.3 Å². The quantitative estimate of drug-likeness (QED) is 0.331. The number of rotatable bonds is 10. The molecule has 0 spiro atoms. The van der Waals surface area contributed by atoms with Crippen LogP contribution in [0, 0.1) is 11.8 Å². The Labute approximate surface area is 244 Å². The number of ether oxygens (including phenoxy) is 2. The molecule has 214 valence electrons. The monoisotopic (exact) mass is 564 g/mol. The molecule has 2 aliphatic heterocycles. The van der Waals surface area contributed by atoms with E-state index in [4.69, 9.17) is 9.47 Å². The average molecular weight is 565 g/mol. The number of halogens is 1. The summed E-state index contributed by atoms with van der Waals surface area (Å²) in [4.78, 5) is 16.0. The van der Waals surface area contributed by atoms with E-state index >= 15 is 0 Å². The van der Waals surface area contributed by atoms with Crippen molar-refractivity contribution in [3.8, 4) is 5.75 Å². The van der Waals surface area contributed by atoms with Gasteiger partial charge in [-0.1, -0.05) is 72.8 Å². The van der Waals surface area contributed by atoms with Crippen LogP contribution in [0.25, 0.3) is 0 Å². The number of hydrogen-bond donors (Lipinski definition) is 2. The van der Waals surface area contributed by atoms with Crippen LogP contribution in [0.1, 0.15) is 42.4 Å². The van der Waals surface area contributed by atoms with E-state index in [1.54, 1.807) is 24.3 Å². The van der Waals surface area contributed by atoms with Crippen molar-refractivity contribution in [1.29, 1.82) is 0 Å². The lowest BCUT2D eigenvalue weighted by Gasteiger charge is -2.33. The third-order valence-corrected chi connectivity index (χ3v) is 8.09. The van der Waals surface area contributed by atoms with Crippen molar-refractivity contribution in [2.45, 2.75) is 37.8 Å².